The number of benzene rings is 2. The summed E-state index contributed by atoms with van der Waals surface area (Å²) in [5.74, 6) is -0.372. The average Bonchev–Trinajstić information content (AvgIpc) is 2.68. The molecule has 0 bridgehead atoms. The van der Waals surface area contributed by atoms with E-state index in [1.165, 1.54) is 6.42 Å². The van der Waals surface area contributed by atoms with Gasteiger partial charge >= 0.3 is 0 Å². The third-order valence-corrected chi connectivity index (χ3v) is 4.77. The molecule has 0 saturated carbocycles. The van der Waals surface area contributed by atoms with Crippen LogP contribution >= 0.6 is 0 Å². The molecule has 3 rings (SSSR count). The van der Waals surface area contributed by atoms with Gasteiger partial charge in [0.2, 0.25) is 0 Å². The lowest BCUT2D eigenvalue weighted by molar-refractivity contribution is -0.127. The van der Waals surface area contributed by atoms with Crippen molar-refractivity contribution in [3.05, 3.63) is 77.5 Å². The second-order valence-corrected chi connectivity index (χ2v) is 6.85. The zero-order valence-electron chi connectivity index (χ0n) is 15.6. The van der Waals surface area contributed by atoms with Crippen molar-refractivity contribution in [1.82, 2.24) is 10.2 Å². The number of hydrogen-bond donors (Lipinski definition) is 1. The van der Waals surface area contributed by atoms with Crippen LogP contribution in [0.15, 0.2) is 66.4 Å². The molecule has 4 heteroatoms. The summed E-state index contributed by atoms with van der Waals surface area (Å²) >= 11 is 0. The van der Waals surface area contributed by atoms with Crippen LogP contribution in [-0.2, 0) is 4.79 Å². The molecule has 1 N–H and O–H groups in total. The quantitative estimate of drug-likeness (QED) is 0.827. The third kappa shape index (κ3) is 5.55. The van der Waals surface area contributed by atoms with Crippen LogP contribution in [-0.4, -0.2) is 29.8 Å². The molecule has 0 atom stereocenters. The zero-order chi connectivity index (χ0) is 18.9. The minimum absolute atomic E-state index is 0.106. The van der Waals surface area contributed by atoms with Crippen molar-refractivity contribution < 1.29 is 9.59 Å². The number of hydrogen-bond acceptors (Lipinski definition) is 2. The first kappa shape index (κ1) is 18.9. The number of carbonyl (C=O) groups is 2. The Balaban J connectivity index is 1.83. The summed E-state index contributed by atoms with van der Waals surface area (Å²) in [6, 6.07) is 18.6. The fourth-order valence-corrected chi connectivity index (χ4v) is 3.27. The molecule has 1 heterocycles. The van der Waals surface area contributed by atoms with Crippen LogP contribution in [0.4, 0.5) is 0 Å². The fourth-order valence-electron chi connectivity index (χ4n) is 3.27. The van der Waals surface area contributed by atoms with E-state index in [9.17, 15) is 9.59 Å². The van der Waals surface area contributed by atoms with Crippen molar-refractivity contribution in [2.75, 3.05) is 13.1 Å². The lowest BCUT2D eigenvalue weighted by Crippen LogP contribution is -2.40. The molecule has 1 aliphatic rings. The first-order chi connectivity index (χ1) is 13.2. The molecule has 140 valence electrons. The maximum Gasteiger partial charge on any atom is 0.270 e. The Bertz CT molecular complexity index is 777. The minimum atomic E-state index is -0.266. The van der Waals surface area contributed by atoms with Gasteiger partial charge in [0.05, 0.1) is 0 Å². The molecule has 1 aliphatic heterocycles. The van der Waals surface area contributed by atoms with E-state index in [0.29, 0.717) is 11.3 Å². The molecule has 0 unspecified atom stereocenters. The molecule has 27 heavy (non-hydrogen) atoms. The first-order valence-electron chi connectivity index (χ1n) is 9.66. The summed E-state index contributed by atoms with van der Waals surface area (Å²) in [5, 5.41) is 2.85. The van der Waals surface area contributed by atoms with Crippen molar-refractivity contribution in [3.8, 4) is 0 Å². The SMILES string of the molecule is O=C(NC(=Cc1ccccc1)C(=O)N1CCCCCCC1)c1ccccc1. The molecular formula is C23H26N2O2. The lowest BCUT2D eigenvalue weighted by atomic mass is 10.1. The molecule has 2 amide bonds. The van der Waals surface area contributed by atoms with Crippen molar-refractivity contribution in [1.29, 1.82) is 0 Å². The van der Waals surface area contributed by atoms with Gasteiger partial charge in [-0.2, -0.15) is 0 Å². The predicted molar refractivity (Wildman–Crippen MR) is 108 cm³/mol. The Morgan fingerprint density at radius 3 is 1.96 bits per heavy atom. The summed E-state index contributed by atoms with van der Waals surface area (Å²) in [6.45, 7) is 1.48. The number of rotatable bonds is 4. The largest absolute Gasteiger partial charge is 0.337 e. The predicted octanol–water partition coefficient (Wildman–Crippen LogP) is 4.25. The van der Waals surface area contributed by atoms with E-state index in [0.717, 1.165) is 44.3 Å². The Hall–Kier alpha value is -2.88. The Kier molecular flexibility index (Phi) is 6.80. The van der Waals surface area contributed by atoms with Gasteiger partial charge in [-0.05, 0) is 36.6 Å². The first-order valence-corrected chi connectivity index (χ1v) is 9.66. The Morgan fingerprint density at radius 1 is 0.778 bits per heavy atom. The van der Waals surface area contributed by atoms with E-state index in [1.807, 2.05) is 53.4 Å². The van der Waals surface area contributed by atoms with Crippen LogP contribution in [0.2, 0.25) is 0 Å². The van der Waals surface area contributed by atoms with E-state index in [-0.39, 0.29) is 11.8 Å². The van der Waals surface area contributed by atoms with Crippen molar-refractivity contribution >= 4 is 17.9 Å². The van der Waals surface area contributed by atoms with Crippen LogP contribution in [0, 0.1) is 0 Å². The van der Waals surface area contributed by atoms with Crippen molar-refractivity contribution in [2.24, 2.45) is 0 Å². The van der Waals surface area contributed by atoms with E-state index in [4.69, 9.17) is 0 Å². The molecule has 0 aromatic heterocycles. The summed E-state index contributed by atoms with van der Waals surface area (Å²) < 4.78 is 0. The van der Waals surface area contributed by atoms with Gasteiger partial charge in [-0.3, -0.25) is 9.59 Å². The molecule has 0 aliphatic carbocycles. The lowest BCUT2D eigenvalue weighted by Gasteiger charge is -2.26. The highest BCUT2D eigenvalue weighted by molar-refractivity contribution is 6.05. The van der Waals surface area contributed by atoms with Gasteiger partial charge in [-0.1, -0.05) is 67.8 Å². The highest BCUT2D eigenvalue weighted by Gasteiger charge is 2.21. The summed E-state index contributed by atoms with van der Waals surface area (Å²) in [4.78, 5) is 27.7. The van der Waals surface area contributed by atoms with E-state index in [2.05, 4.69) is 5.32 Å². The Labute approximate surface area is 160 Å². The van der Waals surface area contributed by atoms with Gasteiger partial charge in [0.1, 0.15) is 5.70 Å². The van der Waals surface area contributed by atoms with Gasteiger partial charge in [0.15, 0.2) is 0 Å². The van der Waals surface area contributed by atoms with E-state index < -0.39 is 0 Å². The minimum Gasteiger partial charge on any atom is -0.337 e. The summed E-state index contributed by atoms with van der Waals surface area (Å²) in [6.07, 6.45) is 7.32. The standard InChI is InChI=1S/C23H26N2O2/c26-22(20-14-8-5-9-15-20)24-21(18-19-12-6-4-7-13-19)23(27)25-16-10-2-1-3-11-17-25/h4-9,12-15,18H,1-3,10-11,16-17H2,(H,24,26). The van der Waals surface area contributed by atoms with Gasteiger partial charge in [-0.15, -0.1) is 0 Å². The molecule has 1 saturated heterocycles. The van der Waals surface area contributed by atoms with Crippen molar-refractivity contribution in [3.63, 3.8) is 0 Å². The van der Waals surface area contributed by atoms with Gasteiger partial charge < -0.3 is 10.2 Å². The average molecular weight is 362 g/mol. The number of amides is 2. The second-order valence-electron chi connectivity index (χ2n) is 6.85. The maximum absolute atomic E-state index is 13.2. The number of likely N-dealkylation sites (tertiary alicyclic amines) is 1. The summed E-state index contributed by atoms with van der Waals surface area (Å²) in [5.41, 5.74) is 1.76. The molecular weight excluding hydrogens is 336 g/mol. The molecule has 2 aromatic carbocycles. The highest BCUT2D eigenvalue weighted by atomic mass is 16.2. The third-order valence-electron chi connectivity index (χ3n) is 4.77. The van der Waals surface area contributed by atoms with E-state index in [1.54, 1.807) is 18.2 Å². The zero-order valence-corrected chi connectivity index (χ0v) is 15.6. The monoisotopic (exact) mass is 362 g/mol. The van der Waals surface area contributed by atoms with E-state index >= 15 is 0 Å². The maximum atomic E-state index is 13.2. The topological polar surface area (TPSA) is 49.4 Å². The number of carbonyl (C=O) groups excluding carboxylic acids is 2. The van der Waals surface area contributed by atoms with Crippen LogP contribution in [0.1, 0.15) is 48.0 Å². The highest BCUT2D eigenvalue weighted by Crippen LogP contribution is 2.14. The molecule has 4 nitrogen and oxygen atoms in total. The van der Waals surface area contributed by atoms with Crippen LogP contribution in [0.3, 0.4) is 0 Å². The van der Waals surface area contributed by atoms with Gasteiger partial charge in [0, 0.05) is 18.7 Å². The summed E-state index contributed by atoms with van der Waals surface area (Å²) in [7, 11) is 0. The fraction of sp³-hybridized carbons (Fsp3) is 0.304. The van der Waals surface area contributed by atoms with Crippen LogP contribution in [0.25, 0.3) is 6.08 Å². The van der Waals surface area contributed by atoms with Crippen molar-refractivity contribution in [2.45, 2.75) is 32.1 Å². The molecule has 2 aromatic rings. The smallest absolute Gasteiger partial charge is 0.270 e. The normalized spacial score (nSPS) is 15.6. The molecule has 0 radical (unpaired) electrons. The number of nitrogens with one attached hydrogen (secondary N) is 1. The van der Waals surface area contributed by atoms with Gasteiger partial charge in [-0.25, -0.2) is 0 Å². The molecule has 0 spiro atoms. The second kappa shape index (κ2) is 9.72. The van der Waals surface area contributed by atoms with Gasteiger partial charge in [0.25, 0.3) is 11.8 Å². The Morgan fingerprint density at radius 2 is 1.33 bits per heavy atom. The molecule has 1 fully saturated rings. The van der Waals surface area contributed by atoms with Crippen LogP contribution in [0.5, 0.6) is 0 Å². The number of nitrogens with zero attached hydrogens (tertiary/aromatic N) is 1. The van der Waals surface area contributed by atoms with Crippen LogP contribution < -0.4 is 5.32 Å².